The summed E-state index contributed by atoms with van der Waals surface area (Å²) >= 11 is 0. The molecule has 0 N–H and O–H groups in total. The lowest BCUT2D eigenvalue weighted by molar-refractivity contribution is 0.251. The van der Waals surface area contributed by atoms with E-state index in [0.717, 1.165) is 0 Å². The summed E-state index contributed by atoms with van der Waals surface area (Å²) in [7, 11) is 0. The van der Waals surface area contributed by atoms with Gasteiger partial charge in [0.05, 0.1) is 0 Å². The second-order valence-corrected chi connectivity index (χ2v) is 5.37. The van der Waals surface area contributed by atoms with Crippen molar-refractivity contribution in [2.45, 2.75) is 26.1 Å². The van der Waals surface area contributed by atoms with E-state index in [2.05, 4.69) is 96.7 Å². The Bertz CT molecular complexity index is 575. The molecule has 0 aromatic heterocycles. The number of hydrogen-bond donors (Lipinski definition) is 0. The number of rotatable bonds is 3. The van der Waals surface area contributed by atoms with Crippen LogP contribution in [0.4, 0.5) is 5.69 Å². The maximum absolute atomic E-state index is 2.39. The predicted molar refractivity (Wildman–Crippen MR) is 84.2 cm³/mol. The summed E-state index contributed by atoms with van der Waals surface area (Å²) in [6, 6.07) is 21.7. The molecule has 2 heteroatoms. The number of hydrogen-bond acceptors (Lipinski definition) is 2. The summed E-state index contributed by atoms with van der Waals surface area (Å²) < 4.78 is 0. The van der Waals surface area contributed by atoms with Crippen molar-refractivity contribution >= 4 is 5.69 Å². The maximum Gasteiger partial charge on any atom is 0.132 e. The van der Waals surface area contributed by atoms with Crippen molar-refractivity contribution in [1.82, 2.24) is 4.90 Å². The lowest BCUT2D eigenvalue weighted by Gasteiger charge is -2.35. The molecular formula is C18H20N2. The predicted octanol–water partition coefficient (Wildman–Crippen LogP) is 4.39. The molecule has 1 aliphatic heterocycles. The van der Waals surface area contributed by atoms with Crippen LogP contribution in [-0.2, 0) is 0 Å². The highest BCUT2D eigenvalue weighted by molar-refractivity contribution is 5.53. The van der Waals surface area contributed by atoms with Crippen LogP contribution in [0.3, 0.4) is 0 Å². The van der Waals surface area contributed by atoms with E-state index >= 15 is 0 Å². The zero-order valence-corrected chi connectivity index (χ0v) is 12.0. The van der Waals surface area contributed by atoms with Gasteiger partial charge in [-0.15, -0.1) is 0 Å². The Balaban J connectivity index is 2.00. The third-order valence-electron chi connectivity index (χ3n) is 3.69. The van der Waals surface area contributed by atoms with Crippen LogP contribution in [0.5, 0.6) is 0 Å². The van der Waals surface area contributed by atoms with Crippen LogP contribution in [0.25, 0.3) is 0 Å². The van der Waals surface area contributed by atoms with Crippen molar-refractivity contribution in [2.75, 3.05) is 4.90 Å². The van der Waals surface area contributed by atoms with Gasteiger partial charge in [-0.25, -0.2) is 0 Å². The SMILES string of the molecule is CC(C)N1C=CN(c2ccccc2)C1c1ccccc1. The smallest absolute Gasteiger partial charge is 0.132 e. The zero-order chi connectivity index (χ0) is 13.9. The van der Waals surface area contributed by atoms with Crippen molar-refractivity contribution in [3.63, 3.8) is 0 Å². The van der Waals surface area contributed by atoms with E-state index in [1.54, 1.807) is 0 Å². The Morgan fingerprint density at radius 3 is 2.00 bits per heavy atom. The molecule has 2 nitrogen and oxygen atoms in total. The van der Waals surface area contributed by atoms with Crippen molar-refractivity contribution in [3.05, 3.63) is 78.6 Å². The van der Waals surface area contributed by atoms with Gasteiger partial charge in [-0.05, 0) is 31.5 Å². The first-order valence-electron chi connectivity index (χ1n) is 7.11. The summed E-state index contributed by atoms with van der Waals surface area (Å²) in [6.45, 7) is 4.46. The number of nitrogens with zero attached hydrogens (tertiary/aromatic N) is 2. The molecular weight excluding hydrogens is 244 g/mol. The first kappa shape index (κ1) is 12.8. The second kappa shape index (κ2) is 5.41. The molecule has 0 amide bonds. The maximum atomic E-state index is 2.39. The van der Waals surface area contributed by atoms with Crippen molar-refractivity contribution in [2.24, 2.45) is 0 Å². The molecule has 1 atom stereocenters. The average Bonchev–Trinajstić information content (AvgIpc) is 2.94. The Morgan fingerprint density at radius 2 is 1.40 bits per heavy atom. The van der Waals surface area contributed by atoms with Gasteiger partial charge in [0.15, 0.2) is 0 Å². The fourth-order valence-electron chi connectivity index (χ4n) is 2.70. The summed E-state index contributed by atoms with van der Waals surface area (Å²) in [5.74, 6) is 0. The van der Waals surface area contributed by atoms with E-state index in [0.29, 0.717) is 6.04 Å². The van der Waals surface area contributed by atoms with Crippen molar-refractivity contribution in [1.29, 1.82) is 0 Å². The highest BCUT2D eigenvalue weighted by atomic mass is 15.4. The van der Waals surface area contributed by atoms with Gasteiger partial charge in [0.1, 0.15) is 6.17 Å². The average molecular weight is 264 g/mol. The Kier molecular flexibility index (Phi) is 3.46. The third kappa shape index (κ3) is 2.29. The molecule has 0 spiro atoms. The molecule has 0 radical (unpaired) electrons. The molecule has 20 heavy (non-hydrogen) atoms. The largest absolute Gasteiger partial charge is 0.350 e. The van der Waals surface area contributed by atoms with Crippen LogP contribution in [0.2, 0.25) is 0 Å². The molecule has 2 aromatic carbocycles. The summed E-state index contributed by atoms with van der Waals surface area (Å²) in [6.07, 6.45) is 4.60. The minimum Gasteiger partial charge on any atom is -0.350 e. The summed E-state index contributed by atoms with van der Waals surface area (Å²) in [4.78, 5) is 4.72. The number of anilines is 1. The molecule has 0 aliphatic carbocycles. The van der Waals surface area contributed by atoms with Gasteiger partial charge >= 0.3 is 0 Å². The zero-order valence-electron chi connectivity index (χ0n) is 12.0. The second-order valence-electron chi connectivity index (χ2n) is 5.37. The van der Waals surface area contributed by atoms with Gasteiger partial charge in [-0.3, -0.25) is 0 Å². The molecule has 1 heterocycles. The van der Waals surface area contributed by atoms with Crippen LogP contribution < -0.4 is 4.90 Å². The van der Waals surface area contributed by atoms with E-state index in [-0.39, 0.29) is 6.17 Å². The van der Waals surface area contributed by atoms with Gasteiger partial charge in [-0.1, -0.05) is 48.5 Å². The van der Waals surface area contributed by atoms with Crippen LogP contribution in [0, 0.1) is 0 Å². The molecule has 0 fully saturated rings. The van der Waals surface area contributed by atoms with Gasteiger partial charge in [-0.2, -0.15) is 0 Å². The fraction of sp³-hybridized carbons (Fsp3) is 0.222. The monoisotopic (exact) mass is 264 g/mol. The van der Waals surface area contributed by atoms with E-state index in [9.17, 15) is 0 Å². The quantitative estimate of drug-likeness (QED) is 0.811. The first-order chi connectivity index (χ1) is 9.77. The molecule has 2 aromatic rings. The van der Waals surface area contributed by atoms with Crippen LogP contribution in [-0.4, -0.2) is 10.9 Å². The van der Waals surface area contributed by atoms with Crippen molar-refractivity contribution in [3.8, 4) is 0 Å². The normalized spacial score (nSPS) is 18.1. The lowest BCUT2D eigenvalue weighted by Crippen LogP contribution is -2.34. The fourth-order valence-corrected chi connectivity index (χ4v) is 2.70. The first-order valence-corrected chi connectivity index (χ1v) is 7.11. The Hall–Kier alpha value is -2.22. The van der Waals surface area contributed by atoms with E-state index in [4.69, 9.17) is 0 Å². The van der Waals surface area contributed by atoms with Crippen LogP contribution in [0.15, 0.2) is 73.1 Å². The van der Waals surface area contributed by atoms with E-state index in [1.165, 1.54) is 11.3 Å². The number of benzene rings is 2. The van der Waals surface area contributed by atoms with Gasteiger partial charge in [0.2, 0.25) is 0 Å². The molecule has 3 rings (SSSR count). The topological polar surface area (TPSA) is 6.48 Å². The van der Waals surface area contributed by atoms with Crippen LogP contribution in [0.1, 0.15) is 25.6 Å². The van der Waals surface area contributed by atoms with Gasteiger partial charge in [0.25, 0.3) is 0 Å². The van der Waals surface area contributed by atoms with Gasteiger partial charge < -0.3 is 9.80 Å². The lowest BCUT2D eigenvalue weighted by atomic mass is 10.1. The van der Waals surface area contributed by atoms with Gasteiger partial charge in [0, 0.05) is 24.1 Å². The van der Waals surface area contributed by atoms with E-state index in [1.807, 2.05) is 0 Å². The Labute approximate surface area is 121 Å². The summed E-state index contributed by atoms with van der Waals surface area (Å²) in [5.41, 5.74) is 2.54. The standard InChI is InChI=1S/C18H20N2/c1-15(2)19-13-14-20(17-11-7-4-8-12-17)18(19)16-9-5-3-6-10-16/h3-15,18H,1-2H3. The minimum atomic E-state index is 0.235. The van der Waals surface area contributed by atoms with Crippen molar-refractivity contribution < 1.29 is 0 Å². The van der Waals surface area contributed by atoms with Crippen LogP contribution >= 0.6 is 0 Å². The molecule has 0 bridgehead atoms. The molecule has 1 unspecified atom stereocenters. The highest BCUT2D eigenvalue weighted by Crippen LogP contribution is 2.36. The highest BCUT2D eigenvalue weighted by Gasteiger charge is 2.30. The molecule has 102 valence electrons. The van der Waals surface area contributed by atoms with E-state index < -0.39 is 0 Å². The minimum absolute atomic E-state index is 0.235. The third-order valence-corrected chi connectivity index (χ3v) is 3.69. The summed E-state index contributed by atoms with van der Waals surface area (Å²) in [5, 5.41) is 0. The number of para-hydroxylation sites is 1. The molecule has 0 saturated heterocycles. The molecule has 1 aliphatic rings. The Morgan fingerprint density at radius 1 is 0.800 bits per heavy atom. The molecule has 0 saturated carbocycles.